The van der Waals surface area contributed by atoms with Gasteiger partial charge in [0.15, 0.2) is 0 Å². The summed E-state index contributed by atoms with van der Waals surface area (Å²) in [7, 11) is -1.31. The lowest BCUT2D eigenvalue weighted by Gasteiger charge is -2.30. The predicted octanol–water partition coefficient (Wildman–Crippen LogP) is 1.90. The van der Waals surface area contributed by atoms with Crippen molar-refractivity contribution in [3.05, 3.63) is 29.3 Å². The van der Waals surface area contributed by atoms with Crippen LogP contribution < -0.4 is 5.46 Å². The van der Waals surface area contributed by atoms with Crippen molar-refractivity contribution >= 4 is 12.6 Å². The molecule has 2 aliphatic carbocycles. The van der Waals surface area contributed by atoms with Crippen LogP contribution in [-0.2, 0) is 0 Å². The fraction of sp³-hybridized carbons (Fsp3) is 0.571. The molecular weight excluding hydrogens is 211 g/mol. The van der Waals surface area contributed by atoms with Gasteiger partial charge in [0, 0.05) is 0 Å². The van der Waals surface area contributed by atoms with Crippen molar-refractivity contribution in [2.24, 2.45) is 0 Å². The first-order chi connectivity index (χ1) is 8.25. The molecule has 90 valence electrons. The Bertz CT molecular complexity index is 409. The largest absolute Gasteiger partial charge is 0.488 e. The van der Waals surface area contributed by atoms with E-state index in [-0.39, 0.29) is 0 Å². The molecule has 1 aromatic rings. The second-order valence-electron chi connectivity index (χ2n) is 5.52. The summed E-state index contributed by atoms with van der Waals surface area (Å²) in [6.45, 7) is 0. The molecule has 2 N–H and O–H groups in total. The monoisotopic (exact) mass is 230 g/mol. The fourth-order valence-electron chi connectivity index (χ4n) is 2.90. The SMILES string of the molecule is OB(O)c1cc(C2CCC2)ccc1C1CCC1. The van der Waals surface area contributed by atoms with E-state index in [1.165, 1.54) is 44.1 Å². The zero-order chi connectivity index (χ0) is 11.8. The van der Waals surface area contributed by atoms with Crippen molar-refractivity contribution < 1.29 is 10.0 Å². The van der Waals surface area contributed by atoms with Crippen LogP contribution >= 0.6 is 0 Å². The molecule has 0 heterocycles. The van der Waals surface area contributed by atoms with Gasteiger partial charge in [-0.25, -0.2) is 0 Å². The molecule has 0 saturated heterocycles. The summed E-state index contributed by atoms with van der Waals surface area (Å²) in [5.41, 5.74) is 3.20. The highest BCUT2D eigenvalue weighted by Gasteiger charge is 2.28. The fourth-order valence-corrected chi connectivity index (χ4v) is 2.90. The van der Waals surface area contributed by atoms with E-state index in [1.54, 1.807) is 0 Å². The minimum Gasteiger partial charge on any atom is -0.423 e. The third-order valence-electron chi connectivity index (χ3n) is 4.51. The van der Waals surface area contributed by atoms with Crippen molar-refractivity contribution in [3.8, 4) is 0 Å². The van der Waals surface area contributed by atoms with Gasteiger partial charge in [-0.3, -0.25) is 0 Å². The van der Waals surface area contributed by atoms with Gasteiger partial charge in [-0.1, -0.05) is 31.0 Å². The molecule has 3 rings (SSSR count). The topological polar surface area (TPSA) is 40.5 Å². The maximum Gasteiger partial charge on any atom is 0.488 e. The van der Waals surface area contributed by atoms with Crippen LogP contribution in [0, 0.1) is 0 Å². The molecule has 0 atom stereocenters. The average Bonchev–Trinajstić information content (AvgIpc) is 2.14. The summed E-state index contributed by atoms with van der Waals surface area (Å²) in [6.07, 6.45) is 7.49. The van der Waals surface area contributed by atoms with Gasteiger partial charge in [0.1, 0.15) is 0 Å². The van der Waals surface area contributed by atoms with Crippen molar-refractivity contribution in [1.29, 1.82) is 0 Å². The molecule has 3 heteroatoms. The molecule has 2 nitrogen and oxygen atoms in total. The van der Waals surface area contributed by atoms with Crippen LogP contribution in [0.2, 0.25) is 0 Å². The molecule has 17 heavy (non-hydrogen) atoms. The Labute approximate surface area is 103 Å². The molecule has 0 radical (unpaired) electrons. The standard InChI is InChI=1S/C14H19BO2/c16-15(17)14-9-12(10-3-1-4-10)7-8-13(14)11-5-2-6-11/h7-11,16-17H,1-6H2. The third-order valence-corrected chi connectivity index (χ3v) is 4.51. The molecule has 0 aromatic heterocycles. The zero-order valence-corrected chi connectivity index (χ0v) is 10.1. The molecule has 0 bridgehead atoms. The van der Waals surface area contributed by atoms with E-state index in [4.69, 9.17) is 0 Å². The van der Waals surface area contributed by atoms with Gasteiger partial charge in [-0.2, -0.15) is 0 Å². The van der Waals surface area contributed by atoms with Gasteiger partial charge >= 0.3 is 7.12 Å². The van der Waals surface area contributed by atoms with Crippen molar-refractivity contribution in [2.45, 2.75) is 50.4 Å². The Balaban J connectivity index is 1.92. The predicted molar refractivity (Wildman–Crippen MR) is 69.5 cm³/mol. The lowest BCUT2D eigenvalue weighted by atomic mass is 9.67. The number of hydrogen-bond acceptors (Lipinski definition) is 2. The van der Waals surface area contributed by atoms with Gasteiger partial charge < -0.3 is 10.0 Å². The average molecular weight is 230 g/mol. The van der Waals surface area contributed by atoms with Crippen LogP contribution in [-0.4, -0.2) is 17.2 Å². The molecule has 2 fully saturated rings. The van der Waals surface area contributed by atoms with E-state index in [0.29, 0.717) is 11.8 Å². The van der Waals surface area contributed by atoms with Gasteiger partial charge in [-0.15, -0.1) is 0 Å². The van der Waals surface area contributed by atoms with Crippen LogP contribution in [0.1, 0.15) is 61.5 Å². The Kier molecular flexibility index (Phi) is 2.97. The summed E-state index contributed by atoms with van der Waals surface area (Å²) in [6, 6.07) is 6.36. The van der Waals surface area contributed by atoms with Gasteiger partial charge in [0.05, 0.1) is 0 Å². The van der Waals surface area contributed by atoms with E-state index in [1.807, 2.05) is 6.07 Å². The highest BCUT2D eigenvalue weighted by molar-refractivity contribution is 6.59. The Morgan fingerprint density at radius 2 is 1.59 bits per heavy atom. The molecule has 2 saturated carbocycles. The van der Waals surface area contributed by atoms with E-state index >= 15 is 0 Å². The molecular formula is C14H19BO2. The second kappa shape index (κ2) is 4.47. The Morgan fingerprint density at radius 1 is 0.941 bits per heavy atom. The summed E-state index contributed by atoms with van der Waals surface area (Å²) in [4.78, 5) is 0. The maximum absolute atomic E-state index is 9.53. The van der Waals surface area contributed by atoms with Crippen LogP contribution in [0.4, 0.5) is 0 Å². The van der Waals surface area contributed by atoms with Crippen LogP contribution in [0.15, 0.2) is 18.2 Å². The maximum atomic E-state index is 9.53. The van der Waals surface area contributed by atoms with Crippen LogP contribution in [0.5, 0.6) is 0 Å². The number of rotatable bonds is 3. The van der Waals surface area contributed by atoms with Crippen molar-refractivity contribution in [3.63, 3.8) is 0 Å². The van der Waals surface area contributed by atoms with Crippen LogP contribution in [0.25, 0.3) is 0 Å². The minimum absolute atomic E-state index is 0.558. The number of hydrogen-bond donors (Lipinski definition) is 2. The molecule has 0 spiro atoms. The normalized spacial score (nSPS) is 20.8. The highest BCUT2D eigenvalue weighted by Crippen LogP contribution is 2.39. The van der Waals surface area contributed by atoms with E-state index < -0.39 is 7.12 Å². The minimum atomic E-state index is -1.31. The quantitative estimate of drug-likeness (QED) is 0.778. The summed E-state index contributed by atoms with van der Waals surface area (Å²) < 4.78 is 0. The van der Waals surface area contributed by atoms with Gasteiger partial charge in [0.2, 0.25) is 0 Å². The first-order valence-corrected chi connectivity index (χ1v) is 6.75. The van der Waals surface area contributed by atoms with E-state index in [9.17, 15) is 10.0 Å². The zero-order valence-electron chi connectivity index (χ0n) is 10.1. The van der Waals surface area contributed by atoms with Gasteiger partial charge in [-0.05, 0) is 54.1 Å². The summed E-state index contributed by atoms with van der Waals surface area (Å²) >= 11 is 0. The lowest BCUT2D eigenvalue weighted by molar-refractivity contribution is 0.407. The third kappa shape index (κ3) is 2.02. The molecule has 2 aliphatic rings. The first kappa shape index (κ1) is 11.3. The van der Waals surface area contributed by atoms with Crippen molar-refractivity contribution in [2.75, 3.05) is 0 Å². The molecule has 0 aliphatic heterocycles. The highest BCUT2D eigenvalue weighted by atomic mass is 16.4. The van der Waals surface area contributed by atoms with Gasteiger partial charge in [0.25, 0.3) is 0 Å². The molecule has 1 aromatic carbocycles. The van der Waals surface area contributed by atoms with Crippen molar-refractivity contribution in [1.82, 2.24) is 0 Å². The Hall–Kier alpha value is -0.795. The molecule has 0 amide bonds. The van der Waals surface area contributed by atoms with Crippen LogP contribution in [0.3, 0.4) is 0 Å². The first-order valence-electron chi connectivity index (χ1n) is 6.75. The van der Waals surface area contributed by atoms with E-state index in [0.717, 1.165) is 11.0 Å². The summed E-state index contributed by atoms with van der Waals surface area (Å²) in [5.74, 6) is 1.21. The summed E-state index contributed by atoms with van der Waals surface area (Å²) in [5, 5.41) is 19.1. The lowest BCUT2D eigenvalue weighted by Crippen LogP contribution is -2.36. The number of benzene rings is 1. The molecule has 0 unspecified atom stereocenters. The Morgan fingerprint density at radius 3 is 2.06 bits per heavy atom. The second-order valence-corrected chi connectivity index (χ2v) is 5.52. The smallest absolute Gasteiger partial charge is 0.423 e. The van der Waals surface area contributed by atoms with E-state index in [2.05, 4.69) is 12.1 Å².